The molecule has 4 unspecified atom stereocenters. The fourth-order valence-corrected chi connectivity index (χ4v) is 4.33. The lowest BCUT2D eigenvalue weighted by Gasteiger charge is -2.33. The van der Waals surface area contributed by atoms with Crippen molar-refractivity contribution >= 4 is 11.7 Å². The number of fused-ring (bicyclic) bond motifs is 1. The highest BCUT2D eigenvalue weighted by Crippen LogP contribution is 2.34. The summed E-state index contributed by atoms with van der Waals surface area (Å²) in [6.45, 7) is 2.88. The van der Waals surface area contributed by atoms with E-state index < -0.39 is 0 Å². The van der Waals surface area contributed by atoms with Crippen LogP contribution in [0.5, 0.6) is 0 Å². The molecule has 0 aromatic rings. The third kappa shape index (κ3) is 2.61. The predicted molar refractivity (Wildman–Crippen MR) is 78.8 cm³/mol. The molecular weight excluding hydrogens is 268 g/mol. The highest BCUT2D eigenvalue weighted by atomic mass is 16.5. The summed E-state index contributed by atoms with van der Waals surface area (Å²) in [7, 11) is 1.86. The first-order valence-electron chi connectivity index (χ1n) is 8.25. The van der Waals surface area contributed by atoms with Gasteiger partial charge in [0.05, 0.1) is 12.1 Å². The number of hydrogen-bond acceptors (Lipinski definition) is 4. The molecule has 0 spiro atoms. The van der Waals surface area contributed by atoms with Crippen molar-refractivity contribution < 1.29 is 14.3 Å². The van der Waals surface area contributed by atoms with Gasteiger partial charge < -0.3 is 15.0 Å². The molecule has 21 heavy (non-hydrogen) atoms. The van der Waals surface area contributed by atoms with Gasteiger partial charge in [0.15, 0.2) is 5.78 Å². The van der Waals surface area contributed by atoms with Crippen molar-refractivity contribution in [2.24, 2.45) is 11.8 Å². The molecule has 0 bridgehead atoms. The molecule has 3 aliphatic rings. The molecule has 1 amide bonds. The average Bonchev–Trinajstić information content (AvgIpc) is 3.03. The Labute approximate surface area is 126 Å². The first-order chi connectivity index (χ1) is 10.1. The second-order valence-electron chi connectivity index (χ2n) is 6.82. The predicted octanol–water partition coefficient (Wildman–Crippen LogP) is 0.969. The Bertz CT molecular complexity index is 420. The van der Waals surface area contributed by atoms with Gasteiger partial charge in [-0.3, -0.25) is 9.59 Å². The van der Waals surface area contributed by atoms with Gasteiger partial charge in [0.1, 0.15) is 12.6 Å². The van der Waals surface area contributed by atoms with E-state index in [2.05, 4.69) is 12.2 Å². The number of carbonyl (C=O) groups excluding carboxylic acids is 2. The summed E-state index contributed by atoms with van der Waals surface area (Å²) < 4.78 is 5.58. The van der Waals surface area contributed by atoms with Crippen LogP contribution < -0.4 is 5.32 Å². The van der Waals surface area contributed by atoms with Gasteiger partial charge in [-0.25, -0.2) is 0 Å². The van der Waals surface area contributed by atoms with E-state index in [9.17, 15) is 9.59 Å². The molecular formula is C16H26N2O3. The molecule has 5 nitrogen and oxygen atoms in total. The van der Waals surface area contributed by atoms with E-state index in [-0.39, 0.29) is 42.4 Å². The zero-order valence-corrected chi connectivity index (χ0v) is 13.0. The zero-order chi connectivity index (χ0) is 15.0. The number of likely N-dealkylation sites (tertiary alicyclic amines) is 1. The molecule has 2 saturated heterocycles. The van der Waals surface area contributed by atoms with Crippen molar-refractivity contribution in [2.45, 2.75) is 57.2 Å². The van der Waals surface area contributed by atoms with Crippen LogP contribution in [0.3, 0.4) is 0 Å². The van der Waals surface area contributed by atoms with Gasteiger partial charge in [-0.2, -0.15) is 0 Å². The summed E-state index contributed by atoms with van der Waals surface area (Å²) in [6.07, 6.45) is 5.82. The fourth-order valence-electron chi connectivity index (χ4n) is 4.33. The molecule has 0 aromatic carbocycles. The van der Waals surface area contributed by atoms with E-state index in [0.29, 0.717) is 12.5 Å². The van der Waals surface area contributed by atoms with Crippen molar-refractivity contribution in [3.63, 3.8) is 0 Å². The number of Topliss-reactive ketones (excluding diaryl/α,β-unsaturated/α-hetero) is 1. The maximum Gasteiger partial charge on any atom is 0.240 e. The number of nitrogens with zero attached hydrogens (tertiary/aromatic N) is 1. The molecule has 118 valence electrons. The summed E-state index contributed by atoms with van der Waals surface area (Å²) in [6, 6.07) is -0.489. The summed E-state index contributed by atoms with van der Waals surface area (Å²) in [5, 5.41) is 3.21. The number of likely N-dealkylation sites (N-methyl/N-ethyl adjacent to an activating group) is 1. The third-order valence-corrected chi connectivity index (χ3v) is 5.42. The van der Waals surface area contributed by atoms with Crippen LogP contribution in [-0.2, 0) is 14.3 Å². The Balaban J connectivity index is 1.75. The molecule has 5 heteroatoms. The van der Waals surface area contributed by atoms with Gasteiger partial charge in [-0.05, 0) is 25.8 Å². The van der Waals surface area contributed by atoms with Crippen LogP contribution in [0.2, 0.25) is 0 Å². The van der Waals surface area contributed by atoms with E-state index >= 15 is 0 Å². The molecule has 4 atom stereocenters. The molecule has 3 rings (SSSR count). The molecule has 1 saturated carbocycles. The first kappa shape index (κ1) is 15.0. The average molecular weight is 294 g/mol. The van der Waals surface area contributed by atoms with E-state index in [1.807, 2.05) is 7.05 Å². The minimum absolute atomic E-state index is 0.0659. The van der Waals surface area contributed by atoms with Gasteiger partial charge in [0.25, 0.3) is 0 Å². The summed E-state index contributed by atoms with van der Waals surface area (Å²) >= 11 is 0. The Kier molecular flexibility index (Phi) is 4.31. The maximum absolute atomic E-state index is 13.0. The second-order valence-corrected chi connectivity index (χ2v) is 6.82. The lowest BCUT2D eigenvalue weighted by atomic mass is 9.83. The Morgan fingerprint density at radius 2 is 2.05 bits per heavy atom. The molecule has 0 radical (unpaired) electrons. The zero-order valence-electron chi connectivity index (χ0n) is 13.0. The van der Waals surface area contributed by atoms with Gasteiger partial charge >= 0.3 is 0 Å². The first-order valence-corrected chi connectivity index (χ1v) is 8.25. The summed E-state index contributed by atoms with van der Waals surface area (Å²) in [4.78, 5) is 26.8. The van der Waals surface area contributed by atoms with Crippen LogP contribution >= 0.6 is 0 Å². The van der Waals surface area contributed by atoms with Gasteiger partial charge in [0, 0.05) is 12.5 Å². The van der Waals surface area contributed by atoms with Crippen LogP contribution in [-0.4, -0.2) is 55.0 Å². The van der Waals surface area contributed by atoms with Crippen molar-refractivity contribution in [1.29, 1.82) is 0 Å². The normalized spacial score (nSPS) is 35.0. The molecule has 1 N–H and O–H groups in total. The SMILES string of the molecule is CNC(C(=O)N1CC(C)C2OCC(=O)C21)C1CCCCC1. The maximum atomic E-state index is 13.0. The molecule has 3 fully saturated rings. The van der Waals surface area contributed by atoms with E-state index in [0.717, 1.165) is 12.8 Å². The van der Waals surface area contributed by atoms with Crippen LogP contribution in [0.15, 0.2) is 0 Å². The van der Waals surface area contributed by atoms with Gasteiger partial charge in [-0.1, -0.05) is 26.2 Å². The van der Waals surface area contributed by atoms with Crippen molar-refractivity contribution in [2.75, 3.05) is 20.2 Å². The van der Waals surface area contributed by atoms with Crippen LogP contribution in [0.1, 0.15) is 39.0 Å². The number of carbonyl (C=O) groups is 2. The smallest absolute Gasteiger partial charge is 0.240 e. The van der Waals surface area contributed by atoms with Crippen molar-refractivity contribution in [1.82, 2.24) is 10.2 Å². The topological polar surface area (TPSA) is 58.6 Å². The fraction of sp³-hybridized carbons (Fsp3) is 0.875. The second kappa shape index (κ2) is 6.05. The highest BCUT2D eigenvalue weighted by molar-refractivity contribution is 5.94. The molecule has 2 aliphatic heterocycles. The standard InChI is InChI=1S/C16H26N2O3/c1-10-8-18(14-12(19)9-21-15(10)14)16(20)13(17-2)11-6-4-3-5-7-11/h10-11,13-15,17H,3-9H2,1-2H3. The van der Waals surface area contributed by atoms with Crippen LogP contribution in [0.4, 0.5) is 0 Å². The van der Waals surface area contributed by atoms with Crippen molar-refractivity contribution in [3.8, 4) is 0 Å². The van der Waals surface area contributed by atoms with Gasteiger partial charge in [0.2, 0.25) is 5.91 Å². The minimum atomic E-state index is -0.341. The minimum Gasteiger partial charge on any atom is -0.367 e. The van der Waals surface area contributed by atoms with Crippen LogP contribution in [0, 0.1) is 11.8 Å². The van der Waals surface area contributed by atoms with E-state index in [1.165, 1.54) is 19.3 Å². The molecule has 0 aromatic heterocycles. The Morgan fingerprint density at radius 1 is 1.33 bits per heavy atom. The van der Waals surface area contributed by atoms with Gasteiger partial charge in [-0.15, -0.1) is 0 Å². The van der Waals surface area contributed by atoms with E-state index in [4.69, 9.17) is 4.74 Å². The summed E-state index contributed by atoms with van der Waals surface area (Å²) in [5.41, 5.74) is 0. The number of rotatable bonds is 3. The largest absolute Gasteiger partial charge is 0.367 e. The molecule has 2 heterocycles. The quantitative estimate of drug-likeness (QED) is 0.842. The number of ether oxygens (including phenoxy) is 1. The number of hydrogen-bond donors (Lipinski definition) is 1. The number of nitrogens with one attached hydrogen (secondary N) is 1. The lowest BCUT2D eigenvalue weighted by molar-refractivity contribution is -0.139. The van der Waals surface area contributed by atoms with Crippen LogP contribution in [0.25, 0.3) is 0 Å². The van der Waals surface area contributed by atoms with E-state index in [1.54, 1.807) is 4.90 Å². The van der Waals surface area contributed by atoms with Crippen molar-refractivity contribution in [3.05, 3.63) is 0 Å². The third-order valence-electron chi connectivity index (χ3n) is 5.42. The highest BCUT2D eigenvalue weighted by Gasteiger charge is 2.51. The lowest BCUT2D eigenvalue weighted by Crippen LogP contribution is -2.53. The summed E-state index contributed by atoms with van der Waals surface area (Å²) in [5.74, 6) is 0.816. The number of amides is 1. The molecule has 1 aliphatic carbocycles. The monoisotopic (exact) mass is 294 g/mol. The Morgan fingerprint density at radius 3 is 2.71 bits per heavy atom. The Hall–Kier alpha value is -0.940. The number of ketones is 1.